The van der Waals surface area contributed by atoms with Gasteiger partial charge in [-0.1, -0.05) is 0 Å². The molecule has 0 saturated carbocycles. The van der Waals surface area contributed by atoms with Gasteiger partial charge in [0.15, 0.2) is 5.78 Å². The highest BCUT2D eigenvalue weighted by Crippen LogP contribution is 2.25. The molecule has 0 atom stereocenters. The van der Waals surface area contributed by atoms with E-state index in [0.717, 1.165) is 36.4 Å². The van der Waals surface area contributed by atoms with Crippen LogP contribution in [-0.2, 0) is 0 Å². The van der Waals surface area contributed by atoms with Crippen LogP contribution in [0.2, 0.25) is 0 Å². The lowest BCUT2D eigenvalue weighted by Crippen LogP contribution is -2.17. The number of anilines is 1. The van der Waals surface area contributed by atoms with Gasteiger partial charge in [0.05, 0.1) is 4.92 Å². The molecule has 0 aliphatic rings. The van der Waals surface area contributed by atoms with Gasteiger partial charge in [-0.25, -0.2) is 0 Å². The van der Waals surface area contributed by atoms with Crippen molar-refractivity contribution in [2.75, 3.05) is 5.73 Å². The predicted octanol–water partition coefficient (Wildman–Crippen LogP) is 3.31. The van der Waals surface area contributed by atoms with Gasteiger partial charge in [-0.05, 0) is 36.4 Å². The van der Waals surface area contributed by atoms with E-state index in [1.807, 2.05) is 0 Å². The lowest BCUT2D eigenvalue weighted by molar-refractivity contribution is -0.383. The highest BCUT2D eigenvalue weighted by Gasteiger charge is 2.31. The number of ketones is 1. The molecule has 0 saturated heterocycles. The molecule has 0 amide bonds. The molecule has 0 aromatic heterocycles. The normalized spacial score (nSPS) is 11.1. The first-order valence-electron chi connectivity index (χ1n) is 6.12. The molecule has 120 valence electrons. The van der Waals surface area contributed by atoms with Crippen LogP contribution < -0.4 is 10.5 Å². The Hall–Kier alpha value is -3.10. The van der Waals surface area contributed by atoms with Crippen LogP contribution in [0.25, 0.3) is 0 Å². The summed E-state index contributed by atoms with van der Waals surface area (Å²) >= 11 is 0. The summed E-state index contributed by atoms with van der Waals surface area (Å²) in [7, 11) is 0. The van der Waals surface area contributed by atoms with Gasteiger partial charge >= 0.3 is 6.36 Å². The smallest absolute Gasteiger partial charge is 0.406 e. The Bertz CT molecular complexity index is 758. The van der Waals surface area contributed by atoms with Crippen LogP contribution in [0, 0.1) is 10.1 Å². The van der Waals surface area contributed by atoms with E-state index in [-0.39, 0.29) is 22.5 Å². The van der Waals surface area contributed by atoms with Crippen LogP contribution in [0.5, 0.6) is 5.75 Å². The standard InChI is InChI=1S/C14H9F3N2O4/c15-14(16,17)23-10-4-1-8(2-5-10)13(20)9-3-6-12(19(21)22)11(18)7-9/h1-7H,18H2. The fourth-order valence-corrected chi connectivity index (χ4v) is 1.84. The number of nitrogen functional groups attached to an aromatic ring is 1. The first-order chi connectivity index (χ1) is 10.7. The van der Waals surface area contributed by atoms with E-state index < -0.39 is 22.8 Å². The van der Waals surface area contributed by atoms with Crippen molar-refractivity contribution in [3.05, 3.63) is 63.7 Å². The van der Waals surface area contributed by atoms with Crippen LogP contribution in [0.4, 0.5) is 24.5 Å². The van der Waals surface area contributed by atoms with E-state index in [9.17, 15) is 28.1 Å². The number of nitro groups is 1. The molecule has 2 aromatic rings. The Balaban J connectivity index is 2.24. The zero-order valence-electron chi connectivity index (χ0n) is 11.3. The highest BCUT2D eigenvalue weighted by atomic mass is 19.4. The molecule has 6 nitrogen and oxygen atoms in total. The Morgan fingerprint density at radius 3 is 2.13 bits per heavy atom. The quantitative estimate of drug-likeness (QED) is 0.402. The fourth-order valence-electron chi connectivity index (χ4n) is 1.84. The highest BCUT2D eigenvalue weighted by molar-refractivity contribution is 6.09. The Morgan fingerprint density at radius 1 is 1.09 bits per heavy atom. The second kappa shape index (κ2) is 5.95. The molecule has 0 heterocycles. The maximum absolute atomic E-state index is 12.2. The van der Waals surface area contributed by atoms with Crippen molar-refractivity contribution in [2.24, 2.45) is 0 Å². The van der Waals surface area contributed by atoms with Crippen molar-refractivity contribution in [3.63, 3.8) is 0 Å². The minimum atomic E-state index is -4.82. The average Bonchev–Trinajstić information content (AvgIpc) is 2.45. The number of hydrogen-bond acceptors (Lipinski definition) is 5. The number of rotatable bonds is 4. The second-order valence-electron chi connectivity index (χ2n) is 4.43. The van der Waals surface area contributed by atoms with Crippen LogP contribution in [0.1, 0.15) is 15.9 Å². The molecular formula is C14H9F3N2O4. The van der Waals surface area contributed by atoms with Crippen molar-refractivity contribution in [3.8, 4) is 5.75 Å². The Kier molecular flexibility index (Phi) is 4.21. The molecule has 0 bridgehead atoms. The van der Waals surface area contributed by atoms with Crippen molar-refractivity contribution in [2.45, 2.75) is 6.36 Å². The van der Waals surface area contributed by atoms with E-state index in [4.69, 9.17) is 5.73 Å². The molecule has 2 N–H and O–H groups in total. The van der Waals surface area contributed by atoms with Gasteiger partial charge in [0.2, 0.25) is 0 Å². The molecule has 0 fully saturated rings. The van der Waals surface area contributed by atoms with Crippen LogP contribution >= 0.6 is 0 Å². The third kappa shape index (κ3) is 3.96. The third-order valence-electron chi connectivity index (χ3n) is 2.84. The van der Waals surface area contributed by atoms with Crippen molar-refractivity contribution < 1.29 is 27.6 Å². The van der Waals surface area contributed by atoms with Gasteiger partial charge in [0.25, 0.3) is 5.69 Å². The zero-order valence-corrected chi connectivity index (χ0v) is 11.3. The van der Waals surface area contributed by atoms with Gasteiger partial charge in [-0.3, -0.25) is 14.9 Å². The Labute approximate surface area is 127 Å². The van der Waals surface area contributed by atoms with Crippen molar-refractivity contribution >= 4 is 17.2 Å². The maximum atomic E-state index is 12.2. The lowest BCUT2D eigenvalue weighted by atomic mass is 10.0. The summed E-state index contributed by atoms with van der Waals surface area (Å²) in [5.74, 6) is -0.998. The fraction of sp³-hybridized carbons (Fsp3) is 0.0714. The van der Waals surface area contributed by atoms with E-state index in [0.29, 0.717) is 0 Å². The first kappa shape index (κ1) is 16.3. The van der Waals surface area contributed by atoms with Crippen LogP contribution in [-0.4, -0.2) is 17.1 Å². The van der Waals surface area contributed by atoms with Gasteiger partial charge in [0, 0.05) is 17.2 Å². The molecule has 0 aliphatic carbocycles. The summed E-state index contributed by atoms with van der Waals surface area (Å²) in [6.07, 6.45) is -4.82. The summed E-state index contributed by atoms with van der Waals surface area (Å²) in [4.78, 5) is 22.2. The van der Waals surface area contributed by atoms with Gasteiger partial charge in [-0.15, -0.1) is 13.2 Å². The average molecular weight is 326 g/mol. The van der Waals surface area contributed by atoms with Gasteiger partial charge in [-0.2, -0.15) is 0 Å². The van der Waals surface area contributed by atoms with Crippen LogP contribution in [0.3, 0.4) is 0 Å². The Morgan fingerprint density at radius 2 is 1.65 bits per heavy atom. The predicted molar refractivity (Wildman–Crippen MR) is 74.1 cm³/mol. The molecular weight excluding hydrogens is 317 g/mol. The largest absolute Gasteiger partial charge is 0.573 e. The molecule has 0 radical (unpaired) electrons. The number of carbonyl (C=O) groups excluding carboxylic acids is 1. The number of ether oxygens (including phenoxy) is 1. The van der Waals surface area contributed by atoms with E-state index in [2.05, 4.69) is 4.74 Å². The molecule has 0 unspecified atom stereocenters. The molecule has 0 aliphatic heterocycles. The number of alkyl halides is 3. The second-order valence-corrected chi connectivity index (χ2v) is 4.43. The van der Waals surface area contributed by atoms with E-state index in [1.54, 1.807) is 0 Å². The number of nitrogens with two attached hydrogens (primary N) is 1. The lowest BCUT2D eigenvalue weighted by Gasteiger charge is -2.09. The van der Waals surface area contributed by atoms with Gasteiger partial charge in [0.1, 0.15) is 11.4 Å². The minimum absolute atomic E-state index is 0.0811. The number of halogens is 3. The van der Waals surface area contributed by atoms with E-state index >= 15 is 0 Å². The number of nitro benzene ring substituents is 1. The zero-order chi connectivity index (χ0) is 17.2. The number of nitrogens with zero attached hydrogens (tertiary/aromatic N) is 1. The molecule has 0 spiro atoms. The monoisotopic (exact) mass is 326 g/mol. The van der Waals surface area contributed by atoms with Crippen LogP contribution in [0.15, 0.2) is 42.5 Å². The van der Waals surface area contributed by atoms with Gasteiger partial charge < -0.3 is 10.5 Å². The first-order valence-corrected chi connectivity index (χ1v) is 6.12. The number of hydrogen-bond donors (Lipinski definition) is 1. The molecule has 2 rings (SSSR count). The SMILES string of the molecule is Nc1cc(C(=O)c2ccc(OC(F)(F)F)cc2)ccc1[N+](=O)[O-]. The topological polar surface area (TPSA) is 95.5 Å². The summed E-state index contributed by atoms with van der Waals surface area (Å²) in [6.45, 7) is 0. The van der Waals surface area contributed by atoms with Crippen molar-refractivity contribution in [1.82, 2.24) is 0 Å². The molecule has 9 heteroatoms. The maximum Gasteiger partial charge on any atom is 0.573 e. The number of carbonyl (C=O) groups is 1. The minimum Gasteiger partial charge on any atom is -0.406 e. The summed E-state index contributed by atoms with van der Waals surface area (Å²) in [5.41, 5.74) is 5.14. The summed E-state index contributed by atoms with van der Waals surface area (Å²) in [6, 6.07) is 7.74. The van der Waals surface area contributed by atoms with Crippen molar-refractivity contribution in [1.29, 1.82) is 0 Å². The summed E-state index contributed by atoms with van der Waals surface area (Å²) in [5, 5.41) is 10.7. The van der Waals surface area contributed by atoms with E-state index in [1.165, 1.54) is 6.07 Å². The number of benzene rings is 2. The third-order valence-corrected chi connectivity index (χ3v) is 2.84. The molecule has 23 heavy (non-hydrogen) atoms. The summed E-state index contributed by atoms with van der Waals surface area (Å²) < 4.78 is 39.9. The molecule has 2 aromatic carbocycles.